The van der Waals surface area contributed by atoms with Crippen LogP contribution in [0.4, 0.5) is 15.8 Å². The third kappa shape index (κ3) is 5.75. The van der Waals surface area contributed by atoms with Crippen LogP contribution < -0.4 is 20.7 Å². The minimum absolute atomic E-state index is 0. The van der Waals surface area contributed by atoms with E-state index >= 15 is 0 Å². The number of hydrogen-bond donors (Lipinski definition) is 3. The molecule has 1 aromatic heterocycles. The van der Waals surface area contributed by atoms with Crippen molar-refractivity contribution in [1.82, 2.24) is 15.3 Å². The fourth-order valence-electron chi connectivity index (χ4n) is 4.02. The molecule has 0 radical (unpaired) electrons. The lowest BCUT2D eigenvalue weighted by Gasteiger charge is -2.26. The van der Waals surface area contributed by atoms with Crippen LogP contribution in [0.15, 0.2) is 42.7 Å². The van der Waals surface area contributed by atoms with Crippen LogP contribution in [0, 0.1) is 18.7 Å². The van der Waals surface area contributed by atoms with Gasteiger partial charge in [0.15, 0.2) is 5.69 Å². The molecule has 4 N–H and O–H groups in total. The fourth-order valence-corrected chi connectivity index (χ4v) is 4.27. The molecule has 11 heteroatoms. The molecule has 3 aromatic rings. The van der Waals surface area contributed by atoms with E-state index < -0.39 is 17.6 Å². The van der Waals surface area contributed by atoms with Gasteiger partial charge in [-0.3, -0.25) is 14.5 Å². The number of para-hydroxylation sites is 1. The molecule has 1 aliphatic rings. The van der Waals surface area contributed by atoms with Crippen LogP contribution in [-0.4, -0.2) is 41.5 Å². The zero-order chi connectivity index (χ0) is 24.2. The van der Waals surface area contributed by atoms with E-state index in [1.807, 2.05) is 0 Å². The summed E-state index contributed by atoms with van der Waals surface area (Å²) in [4.78, 5) is 32.9. The normalized spacial score (nSPS) is 13.7. The van der Waals surface area contributed by atoms with Crippen molar-refractivity contribution >= 4 is 47.2 Å². The zero-order valence-electron chi connectivity index (χ0n) is 19.0. The maximum absolute atomic E-state index is 15.0. The summed E-state index contributed by atoms with van der Waals surface area (Å²) in [7, 11) is 0. The number of H-pyrrole nitrogens is 1. The van der Waals surface area contributed by atoms with E-state index in [0.29, 0.717) is 29.5 Å². The predicted octanol–water partition coefficient (Wildman–Crippen LogP) is 4.39. The van der Waals surface area contributed by atoms with E-state index in [9.17, 15) is 14.0 Å². The number of aryl methyl sites for hydroxylation is 1. The van der Waals surface area contributed by atoms with Crippen molar-refractivity contribution in [1.29, 1.82) is 0 Å². The molecule has 4 rings (SSSR count). The Morgan fingerprint density at radius 1 is 1.26 bits per heavy atom. The number of aromatic nitrogens is 2. The van der Waals surface area contributed by atoms with Crippen molar-refractivity contribution in [3.05, 3.63) is 70.5 Å². The second kappa shape index (κ2) is 11.5. The van der Waals surface area contributed by atoms with Crippen molar-refractivity contribution in [2.24, 2.45) is 11.7 Å². The molecule has 1 fully saturated rings. The Morgan fingerprint density at radius 3 is 2.66 bits per heavy atom. The van der Waals surface area contributed by atoms with Gasteiger partial charge in [0.1, 0.15) is 22.9 Å². The van der Waals surface area contributed by atoms with Crippen LogP contribution in [-0.2, 0) is 0 Å². The van der Waals surface area contributed by atoms with Gasteiger partial charge in [0.25, 0.3) is 11.8 Å². The number of carbonyl (C=O) groups is 2. The number of halogens is 3. The molecule has 0 spiro atoms. The van der Waals surface area contributed by atoms with Crippen LogP contribution in [0.1, 0.15) is 39.4 Å². The number of nitrogens with zero attached hydrogens (tertiary/aromatic N) is 2. The van der Waals surface area contributed by atoms with E-state index in [1.165, 1.54) is 24.5 Å². The highest BCUT2D eigenvalue weighted by Crippen LogP contribution is 2.38. The van der Waals surface area contributed by atoms with E-state index in [1.54, 1.807) is 25.1 Å². The van der Waals surface area contributed by atoms with Gasteiger partial charge in [-0.15, -0.1) is 12.4 Å². The Morgan fingerprint density at radius 2 is 2.00 bits per heavy atom. The molecule has 2 heterocycles. The zero-order valence-corrected chi connectivity index (χ0v) is 20.6. The molecular formula is C24H26Cl2FN5O3. The van der Waals surface area contributed by atoms with E-state index in [-0.39, 0.29) is 34.5 Å². The van der Waals surface area contributed by atoms with Gasteiger partial charge in [-0.25, -0.2) is 9.37 Å². The number of primary amides is 1. The molecular weight excluding hydrogens is 496 g/mol. The van der Waals surface area contributed by atoms with Crippen molar-refractivity contribution < 1.29 is 18.7 Å². The van der Waals surface area contributed by atoms with Crippen molar-refractivity contribution in [2.75, 3.05) is 24.6 Å². The Hall–Kier alpha value is -3.14. The van der Waals surface area contributed by atoms with Crippen molar-refractivity contribution in [3.8, 4) is 5.75 Å². The van der Waals surface area contributed by atoms with Gasteiger partial charge >= 0.3 is 0 Å². The third-order valence-corrected chi connectivity index (χ3v) is 6.11. The summed E-state index contributed by atoms with van der Waals surface area (Å²) in [5.74, 6) is -1.20. The molecule has 0 saturated carbocycles. The minimum Gasteiger partial charge on any atom is -0.493 e. The molecule has 8 nitrogen and oxygen atoms in total. The number of nitrogens with one attached hydrogen (secondary N) is 2. The Balaban J connectivity index is 0.00000342. The van der Waals surface area contributed by atoms with E-state index in [4.69, 9.17) is 22.1 Å². The first kappa shape index (κ1) is 26.5. The van der Waals surface area contributed by atoms with Gasteiger partial charge < -0.3 is 20.8 Å². The summed E-state index contributed by atoms with van der Waals surface area (Å²) in [5.41, 5.74) is 5.82. The van der Waals surface area contributed by atoms with Gasteiger partial charge in [-0.2, -0.15) is 0 Å². The lowest BCUT2D eigenvalue weighted by Crippen LogP contribution is -2.31. The maximum Gasteiger partial charge on any atom is 0.281 e. The summed E-state index contributed by atoms with van der Waals surface area (Å²) in [6.07, 6.45) is 3.29. The van der Waals surface area contributed by atoms with E-state index in [0.717, 1.165) is 30.8 Å². The van der Waals surface area contributed by atoms with Gasteiger partial charge in [0.2, 0.25) is 0 Å². The number of nitrogens with two attached hydrogens (primary N) is 1. The molecule has 1 aliphatic heterocycles. The smallest absolute Gasteiger partial charge is 0.281 e. The number of rotatable bonds is 7. The first-order chi connectivity index (χ1) is 16.4. The standard InChI is InChI=1S/C24H25ClFN5O3.ClH/c1-14-11-16(34-12-15-7-9-28-10-8-15)5-6-19(14)31(22-17(25)3-2-4-18(22)26)24(33)21-20(23(27)32)29-13-30-21;/h2-6,11,13,15,28H,7-10,12H2,1H3,(H2,27,32)(H,29,30);1H. The van der Waals surface area contributed by atoms with Crippen LogP contribution in [0.3, 0.4) is 0 Å². The Kier molecular flexibility index (Phi) is 8.71. The van der Waals surface area contributed by atoms with Gasteiger partial charge in [0.05, 0.1) is 23.6 Å². The molecule has 186 valence electrons. The van der Waals surface area contributed by atoms with Gasteiger partial charge in [-0.05, 0) is 74.7 Å². The number of anilines is 2. The number of hydrogen-bond acceptors (Lipinski definition) is 5. The number of carbonyl (C=O) groups excluding carboxylic acids is 2. The van der Waals surface area contributed by atoms with Crippen LogP contribution >= 0.6 is 24.0 Å². The van der Waals surface area contributed by atoms with Gasteiger partial charge in [0, 0.05) is 0 Å². The van der Waals surface area contributed by atoms with E-state index in [2.05, 4.69) is 15.3 Å². The molecule has 35 heavy (non-hydrogen) atoms. The third-order valence-electron chi connectivity index (χ3n) is 5.80. The minimum atomic E-state index is -0.887. The topological polar surface area (TPSA) is 113 Å². The molecule has 2 amide bonds. The largest absolute Gasteiger partial charge is 0.493 e. The summed E-state index contributed by atoms with van der Waals surface area (Å²) < 4.78 is 20.9. The summed E-state index contributed by atoms with van der Waals surface area (Å²) in [6.45, 7) is 4.34. The first-order valence-electron chi connectivity index (χ1n) is 10.9. The fraction of sp³-hybridized carbons (Fsp3) is 0.292. The van der Waals surface area contributed by atoms with Gasteiger partial charge in [-0.1, -0.05) is 17.7 Å². The van der Waals surface area contributed by atoms with Crippen molar-refractivity contribution in [2.45, 2.75) is 19.8 Å². The number of aromatic amines is 1. The highest BCUT2D eigenvalue weighted by atomic mass is 35.5. The van der Waals surface area contributed by atoms with Crippen LogP contribution in [0.2, 0.25) is 5.02 Å². The summed E-state index contributed by atoms with van der Waals surface area (Å²) in [6, 6.07) is 9.30. The number of piperidine rings is 1. The molecule has 0 bridgehead atoms. The summed E-state index contributed by atoms with van der Waals surface area (Å²) in [5, 5.41) is 3.36. The monoisotopic (exact) mass is 521 g/mol. The molecule has 0 unspecified atom stereocenters. The molecule has 0 aliphatic carbocycles. The highest BCUT2D eigenvalue weighted by molar-refractivity contribution is 6.34. The molecule has 2 aromatic carbocycles. The molecule has 1 saturated heterocycles. The lowest BCUT2D eigenvalue weighted by atomic mass is 9.99. The number of amides is 2. The average molecular weight is 522 g/mol. The number of imidazole rings is 1. The lowest BCUT2D eigenvalue weighted by molar-refractivity contribution is 0.0961. The quantitative estimate of drug-likeness (QED) is 0.426. The maximum atomic E-state index is 15.0. The second-order valence-electron chi connectivity index (χ2n) is 8.15. The number of ether oxygens (including phenoxy) is 1. The predicted molar refractivity (Wildman–Crippen MR) is 135 cm³/mol. The second-order valence-corrected chi connectivity index (χ2v) is 8.56. The molecule has 0 atom stereocenters. The van der Waals surface area contributed by atoms with Crippen LogP contribution in [0.25, 0.3) is 0 Å². The number of benzene rings is 2. The first-order valence-corrected chi connectivity index (χ1v) is 11.3. The SMILES string of the molecule is Cc1cc(OCC2CCNCC2)ccc1N(C(=O)c1[nH]cnc1C(N)=O)c1c(F)cccc1Cl.Cl. The Bertz CT molecular complexity index is 1190. The average Bonchev–Trinajstić information content (AvgIpc) is 3.32. The summed E-state index contributed by atoms with van der Waals surface area (Å²) >= 11 is 6.32. The Labute approximate surface area is 213 Å². The van der Waals surface area contributed by atoms with Crippen LogP contribution in [0.5, 0.6) is 5.75 Å². The van der Waals surface area contributed by atoms with Crippen molar-refractivity contribution in [3.63, 3.8) is 0 Å². The highest BCUT2D eigenvalue weighted by Gasteiger charge is 2.30.